The average molecular weight is 298 g/mol. The van der Waals surface area contributed by atoms with Gasteiger partial charge in [0.1, 0.15) is 11.9 Å². The molecule has 1 atom stereocenters. The summed E-state index contributed by atoms with van der Waals surface area (Å²) < 4.78 is 13.7. The summed E-state index contributed by atoms with van der Waals surface area (Å²) in [6.45, 7) is 2.70. The largest absolute Gasteiger partial charge is 0.360 e. The van der Waals surface area contributed by atoms with Gasteiger partial charge in [-0.15, -0.1) is 0 Å². The third-order valence-electron chi connectivity index (χ3n) is 4.12. The maximum absolute atomic E-state index is 13.7. The highest BCUT2D eigenvalue weighted by Crippen LogP contribution is 2.28. The van der Waals surface area contributed by atoms with E-state index in [1.807, 2.05) is 25.1 Å². The molecule has 0 radical (unpaired) electrons. The highest BCUT2D eigenvalue weighted by molar-refractivity contribution is 5.96. The smallest absolute Gasteiger partial charge is 0.246 e. The average Bonchev–Trinajstić information content (AvgIpc) is 2.55. The van der Waals surface area contributed by atoms with Crippen LogP contribution in [0.2, 0.25) is 0 Å². The number of benzene rings is 2. The van der Waals surface area contributed by atoms with E-state index in [0.29, 0.717) is 0 Å². The number of para-hydroxylation sites is 2. The van der Waals surface area contributed by atoms with E-state index in [-0.39, 0.29) is 17.6 Å². The number of nitrogens with one attached hydrogen (secondary N) is 1. The highest BCUT2D eigenvalue weighted by atomic mass is 19.1. The maximum atomic E-state index is 13.7. The second-order valence-corrected chi connectivity index (χ2v) is 5.57. The number of nitrogens with zero attached hydrogens (tertiary/aromatic N) is 1. The fourth-order valence-electron chi connectivity index (χ4n) is 2.91. The molecule has 2 aromatic rings. The molecule has 0 spiro atoms. The lowest BCUT2D eigenvalue weighted by Crippen LogP contribution is -2.44. The Hall–Kier alpha value is -2.36. The summed E-state index contributed by atoms with van der Waals surface area (Å²) in [6, 6.07) is 14.0. The van der Waals surface area contributed by atoms with Crippen molar-refractivity contribution >= 4 is 17.3 Å². The number of hydrogen-bond acceptors (Lipinski definition) is 2. The molecule has 114 valence electrons. The van der Waals surface area contributed by atoms with Gasteiger partial charge in [0.05, 0.1) is 5.69 Å². The van der Waals surface area contributed by atoms with E-state index in [0.717, 1.165) is 25.1 Å². The molecule has 3 nitrogen and oxygen atoms in total. The van der Waals surface area contributed by atoms with E-state index in [1.54, 1.807) is 18.2 Å². The van der Waals surface area contributed by atoms with Crippen molar-refractivity contribution in [2.24, 2.45) is 0 Å². The molecule has 3 rings (SSSR count). The third-order valence-corrected chi connectivity index (χ3v) is 4.12. The molecule has 1 amide bonds. The van der Waals surface area contributed by atoms with E-state index in [9.17, 15) is 9.18 Å². The van der Waals surface area contributed by atoms with Crippen molar-refractivity contribution in [2.75, 3.05) is 16.8 Å². The van der Waals surface area contributed by atoms with Crippen LogP contribution in [0.4, 0.5) is 15.8 Å². The quantitative estimate of drug-likeness (QED) is 0.939. The van der Waals surface area contributed by atoms with Crippen LogP contribution in [0.15, 0.2) is 48.5 Å². The summed E-state index contributed by atoms with van der Waals surface area (Å²) >= 11 is 0. The second-order valence-electron chi connectivity index (χ2n) is 5.57. The zero-order valence-electron chi connectivity index (χ0n) is 12.6. The molecular formula is C18H19FN2O. The Balaban J connectivity index is 1.78. The molecule has 4 heteroatoms. The monoisotopic (exact) mass is 298 g/mol. The summed E-state index contributed by atoms with van der Waals surface area (Å²) in [7, 11) is 0. The standard InChI is InChI=1S/C18H19FN2O/c1-13(18(22)20-16-10-4-3-9-15(16)19)21-12-6-8-14-7-2-5-11-17(14)21/h2-5,7,9-11,13H,6,8,12H2,1H3,(H,20,22). The Morgan fingerprint density at radius 2 is 1.91 bits per heavy atom. The normalized spacial score (nSPS) is 15.1. The SMILES string of the molecule is CC(C(=O)Nc1ccccc1F)N1CCCc2ccccc21. The molecule has 0 aliphatic carbocycles. The van der Waals surface area contributed by atoms with Gasteiger partial charge in [0, 0.05) is 12.2 Å². The minimum atomic E-state index is -0.415. The van der Waals surface area contributed by atoms with Crippen LogP contribution in [0.25, 0.3) is 0 Å². The predicted octanol–water partition coefficient (Wildman–Crippen LogP) is 3.61. The predicted molar refractivity (Wildman–Crippen MR) is 86.6 cm³/mol. The van der Waals surface area contributed by atoms with Gasteiger partial charge in [0.25, 0.3) is 0 Å². The fraction of sp³-hybridized carbons (Fsp3) is 0.278. The van der Waals surface area contributed by atoms with Gasteiger partial charge in [-0.1, -0.05) is 30.3 Å². The summed E-state index contributed by atoms with van der Waals surface area (Å²) in [5.41, 5.74) is 2.59. The molecule has 2 aromatic carbocycles. The van der Waals surface area contributed by atoms with Crippen LogP contribution >= 0.6 is 0 Å². The van der Waals surface area contributed by atoms with Crippen molar-refractivity contribution in [3.63, 3.8) is 0 Å². The summed E-state index contributed by atoms with van der Waals surface area (Å²) in [4.78, 5) is 14.5. The highest BCUT2D eigenvalue weighted by Gasteiger charge is 2.26. The zero-order chi connectivity index (χ0) is 15.5. The first kappa shape index (κ1) is 14.6. The van der Waals surface area contributed by atoms with E-state index >= 15 is 0 Å². The van der Waals surface area contributed by atoms with Crippen molar-refractivity contribution in [2.45, 2.75) is 25.8 Å². The van der Waals surface area contributed by atoms with Gasteiger partial charge in [0.15, 0.2) is 0 Å². The number of aryl methyl sites for hydroxylation is 1. The molecule has 1 aliphatic rings. The van der Waals surface area contributed by atoms with Crippen molar-refractivity contribution in [3.05, 3.63) is 59.9 Å². The summed E-state index contributed by atoms with van der Waals surface area (Å²) in [6.07, 6.45) is 2.06. The summed E-state index contributed by atoms with van der Waals surface area (Å²) in [5.74, 6) is -0.608. The first-order valence-electron chi connectivity index (χ1n) is 7.57. The van der Waals surface area contributed by atoms with E-state index in [1.165, 1.54) is 11.6 Å². The molecule has 1 aliphatic heterocycles. The molecule has 0 saturated heterocycles. The number of anilines is 2. The number of carbonyl (C=O) groups is 1. The van der Waals surface area contributed by atoms with Crippen molar-refractivity contribution < 1.29 is 9.18 Å². The Bertz CT molecular complexity index is 686. The zero-order valence-corrected chi connectivity index (χ0v) is 12.6. The van der Waals surface area contributed by atoms with Crippen LogP contribution in [0.3, 0.4) is 0 Å². The Labute approximate surface area is 129 Å². The molecule has 0 bridgehead atoms. The lowest BCUT2D eigenvalue weighted by atomic mass is 10.00. The van der Waals surface area contributed by atoms with Crippen LogP contribution in [-0.4, -0.2) is 18.5 Å². The Kier molecular flexibility index (Phi) is 4.09. The topological polar surface area (TPSA) is 32.3 Å². The lowest BCUT2D eigenvalue weighted by molar-refractivity contribution is -0.117. The molecule has 1 unspecified atom stereocenters. The number of carbonyl (C=O) groups excluding carboxylic acids is 1. The molecule has 0 fully saturated rings. The summed E-state index contributed by atoms with van der Waals surface area (Å²) in [5, 5.41) is 2.68. The fourth-order valence-corrected chi connectivity index (χ4v) is 2.91. The maximum Gasteiger partial charge on any atom is 0.246 e. The number of rotatable bonds is 3. The molecule has 0 aromatic heterocycles. The van der Waals surface area contributed by atoms with Crippen LogP contribution in [0.1, 0.15) is 18.9 Å². The molecular weight excluding hydrogens is 279 g/mol. The van der Waals surface area contributed by atoms with Crippen LogP contribution in [0, 0.1) is 5.82 Å². The van der Waals surface area contributed by atoms with Gasteiger partial charge in [-0.05, 0) is 43.5 Å². The van der Waals surface area contributed by atoms with Gasteiger partial charge in [-0.25, -0.2) is 4.39 Å². The Morgan fingerprint density at radius 1 is 1.18 bits per heavy atom. The van der Waals surface area contributed by atoms with Crippen LogP contribution in [0.5, 0.6) is 0 Å². The van der Waals surface area contributed by atoms with Crippen molar-refractivity contribution in [1.82, 2.24) is 0 Å². The van der Waals surface area contributed by atoms with Gasteiger partial charge in [-0.3, -0.25) is 4.79 Å². The van der Waals surface area contributed by atoms with E-state index in [4.69, 9.17) is 0 Å². The van der Waals surface area contributed by atoms with Gasteiger partial charge >= 0.3 is 0 Å². The lowest BCUT2D eigenvalue weighted by Gasteiger charge is -2.35. The van der Waals surface area contributed by atoms with E-state index < -0.39 is 5.82 Å². The van der Waals surface area contributed by atoms with Crippen LogP contribution in [-0.2, 0) is 11.2 Å². The number of fused-ring (bicyclic) bond motifs is 1. The van der Waals surface area contributed by atoms with E-state index in [2.05, 4.69) is 16.3 Å². The molecule has 22 heavy (non-hydrogen) atoms. The third kappa shape index (κ3) is 2.82. The number of amides is 1. The van der Waals surface area contributed by atoms with Crippen LogP contribution < -0.4 is 10.2 Å². The minimum absolute atomic E-state index is 0.193. The van der Waals surface area contributed by atoms with Crippen molar-refractivity contribution in [3.8, 4) is 0 Å². The minimum Gasteiger partial charge on any atom is -0.360 e. The second kappa shape index (κ2) is 6.18. The van der Waals surface area contributed by atoms with Gasteiger partial charge < -0.3 is 10.2 Å². The first-order chi connectivity index (χ1) is 10.7. The van der Waals surface area contributed by atoms with Crippen molar-refractivity contribution in [1.29, 1.82) is 0 Å². The van der Waals surface area contributed by atoms with Gasteiger partial charge in [-0.2, -0.15) is 0 Å². The molecule has 1 heterocycles. The first-order valence-corrected chi connectivity index (χ1v) is 7.57. The Morgan fingerprint density at radius 3 is 2.73 bits per heavy atom. The molecule has 1 N–H and O–H groups in total. The molecule has 0 saturated carbocycles. The number of halogens is 1. The van der Waals surface area contributed by atoms with Gasteiger partial charge in [0.2, 0.25) is 5.91 Å². The number of hydrogen-bond donors (Lipinski definition) is 1.